The van der Waals surface area contributed by atoms with Crippen LogP contribution in [0.25, 0.3) is 0 Å². The maximum atomic E-state index is 11.2. The van der Waals surface area contributed by atoms with E-state index in [9.17, 15) is 4.79 Å². The summed E-state index contributed by atoms with van der Waals surface area (Å²) >= 11 is 0. The normalized spacial score (nSPS) is 26.4. The smallest absolute Gasteiger partial charge is 0.133 e. The molecule has 0 amide bonds. The van der Waals surface area contributed by atoms with E-state index in [-0.39, 0.29) is 0 Å². The highest BCUT2D eigenvalue weighted by Gasteiger charge is 2.30. The topological polar surface area (TPSA) is 23.6 Å². The van der Waals surface area contributed by atoms with Crippen LogP contribution in [0.3, 0.4) is 0 Å². The molecule has 2 aliphatic rings. The molecule has 0 spiro atoms. The Morgan fingerprint density at radius 3 is 2.00 bits per heavy atom. The molecule has 0 bridgehead atoms. The van der Waals surface area contributed by atoms with Crippen LogP contribution in [-0.2, 0) is 4.79 Å². The summed E-state index contributed by atoms with van der Waals surface area (Å²) in [6, 6.07) is 0.676. The summed E-state index contributed by atoms with van der Waals surface area (Å²) in [4.78, 5) is 16.4. The van der Waals surface area contributed by atoms with E-state index in [0.29, 0.717) is 17.4 Å². The lowest BCUT2D eigenvalue weighted by Crippen LogP contribution is -2.56. The molecule has 2 fully saturated rings. The minimum atomic E-state index is 0.300. The van der Waals surface area contributed by atoms with Gasteiger partial charge in [-0.05, 0) is 33.6 Å². The van der Waals surface area contributed by atoms with E-state index in [1.165, 1.54) is 26.2 Å². The van der Waals surface area contributed by atoms with Crippen molar-refractivity contribution in [2.24, 2.45) is 0 Å². The van der Waals surface area contributed by atoms with Gasteiger partial charge in [0.05, 0.1) is 0 Å². The molecule has 0 aromatic carbocycles. The number of hydrogen-bond acceptors (Lipinski definition) is 3. The largest absolute Gasteiger partial charge is 0.300 e. The first-order valence-electron chi connectivity index (χ1n) is 6.97. The molecular weight excluding hydrogens is 212 g/mol. The van der Waals surface area contributed by atoms with Crippen molar-refractivity contribution in [3.8, 4) is 0 Å². The van der Waals surface area contributed by atoms with E-state index in [1.54, 1.807) is 0 Å². The average Bonchev–Trinajstić information content (AvgIpc) is 2.29. The van der Waals surface area contributed by atoms with Crippen LogP contribution in [0.5, 0.6) is 0 Å². The summed E-state index contributed by atoms with van der Waals surface area (Å²) in [6.45, 7) is 11.6. The lowest BCUT2D eigenvalue weighted by atomic mass is 9.92. The second kappa shape index (κ2) is 5.07. The van der Waals surface area contributed by atoms with Crippen molar-refractivity contribution < 1.29 is 4.79 Å². The Bertz CT molecular complexity index is 264. The highest BCUT2D eigenvalue weighted by atomic mass is 16.1. The van der Waals surface area contributed by atoms with E-state index >= 15 is 0 Å². The Hall–Kier alpha value is -0.410. The van der Waals surface area contributed by atoms with Gasteiger partial charge < -0.3 is 0 Å². The van der Waals surface area contributed by atoms with Crippen molar-refractivity contribution in [1.82, 2.24) is 9.80 Å². The van der Waals surface area contributed by atoms with Crippen molar-refractivity contribution >= 4 is 5.78 Å². The van der Waals surface area contributed by atoms with Gasteiger partial charge in [-0.2, -0.15) is 0 Å². The van der Waals surface area contributed by atoms with Gasteiger partial charge in [0.2, 0.25) is 0 Å². The predicted molar refractivity (Wildman–Crippen MR) is 70.2 cm³/mol. The minimum Gasteiger partial charge on any atom is -0.300 e. The van der Waals surface area contributed by atoms with Crippen molar-refractivity contribution in [3.05, 3.63) is 0 Å². The second-order valence-electron chi connectivity index (χ2n) is 6.46. The zero-order valence-electron chi connectivity index (χ0n) is 11.5. The molecule has 0 radical (unpaired) electrons. The predicted octanol–water partition coefficient (Wildman–Crippen LogP) is 1.91. The van der Waals surface area contributed by atoms with Gasteiger partial charge in [0.1, 0.15) is 5.78 Å². The highest BCUT2D eigenvalue weighted by molar-refractivity contribution is 5.79. The number of carbonyl (C=O) groups excluding carboxylic acids is 1. The van der Waals surface area contributed by atoms with E-state index < -0.39 is 0 Å². The molecule has 3 heteroatoms. The van der Waals surface area contributed by atoms with Crippen LogP contribution in [0.15, 0.2) is 0 Å². The summed E-state index contributed by atoms with van der Waals surface area (Å²) in [5.41, 5.74) is 0.300. The fourth-order valence-corrected chi connectivity index (χ4v) is 3.05. The van der Waals surface area contributed by atoms with E-state index in [2.05, 4.69) is 30.6 Å². The fraction of sp³-hybridized carbons (Fsp3) is 0.929. The molecule has 0 aromatic rings. The molecule has 0 aromatic heterocycles. The molecule has 1 aliphatic carbocycles. The van der Waals surface area contributed by atoms with Crippen LogP contribution in [0.2, 0.25) is 0 Å². The molecule has 98 valence electrons. The molecule has 1 aliphatic heterocycles. The number of ketones is 1. The number of rotatable bonds is 1. The first-order valence-corrected chi connectivity index (χ1v) is 6.97. The summed E-state index contributed by atoms with van der Waals surface area (Å²) < 4.78 is 0. The standard InChI is InChI=1S/C14H26N2O/c1-14(2,3)16-10-8-15(9-11-16)12-4-6-13(17)7-5-12/h12H,4-11H2,1-3H3. The zero-order valence-corrected chi connectivity index (χ0v) is 11.5. The third kappa shape index (κ3) is 3.29. The molecule has 0 atom stereocenters. The number of Topliss-reactive ketones (excluding diaryl/α,β-unsaturated/α-hetero) is 1. The monoisotopic (exact) mass is 238 g/mol. The number of piperazine rings is 1. The number of nitrogens with zero attached hydrogens (tertiary/aromatic N) is 2. The van der Waals surface area contributed by atoms with Crippen LogP contribution >= 0.6 is 0 Å². The Morgan fingerprint density at radius 1 is 1.00 bits per heavy atom. The Balaban J connectivity index is 1.81. The molecule has 17 heavy (non-hydrogen) atoms. The van der Waals surface area contributed by atoms with E-state index in [1.807, 2.05) is 0 Å². The maximum Gasteiger partial charge on any atom is 0.133 e. The van der Waals surface area contributed by atoms with Gasteiger partial charge >= 0.3 is 0 Å². The Kier molecular flexibility index (Phi) is 3.88. The first-order chi connectivity index (χ1) is 7.97. The first kappa shape index (κ1) is 13.0. The van der Waals surface area contributed by atoms with Gasteiger partial charge in [-0.1, -0.05) is 0 Å². The van der Waals surface area contributed by atoms with Crippen LogP contribution in [0.1, 0.15) is 46.5 Å². The van der Waals surface area contributed by atoms with Gasteiger partial charge in [0.15, 0.2) is 0 Å². The van der Waals surface area contributed by atoms with Gasteiger partial charge in [-0.25, -0.2) is 0 Å². The van der Waals surface area contributed by atoms with Gasteiger partial charge in [-0.15, -0.1) is 0 Å². The van der Waals surface area contributed by atoms with Gasteiger partial charge in [0, 0.05) is 50.6 Å². The summed E-state index contributed by atoms with van der Waals surface area (Å²) in [6.07, 6.45) is 3.80. The Morgan fingerprint density at radius 2 is 1.53 bits per heavy atom. The molecule has 3 nitrogen and oxygen atoms in total. The summed E-state index contributed by atoms with van der Waals surface area (Å²) in [5, 5.41) is 0. The highest BCUT2D eigenvalue weighted by Crippen LogP contribution is 2.23. The van der Waals surface area contributed by atoms with Crippen LogP contribution < -0.4 is 0 Å². The zero-order chi connectivity index (χ0) is 12.5. The lowest BCUT2D eigenvalue weighted by molar-refractivity contribution is -0.121. The van der Waals surface area contributed by atoms with Crippen molar-refractivity contribution in [2.45, 2.75) is 58.0 Å². The maximum absolute atomic E-state index is 11.2. The molecule has 2 rings (SSSR count). The van der Waals surface area contributed by atoms with Crippen LogP contribution in [0, 0.1) is 0 Å². The van der Waals surface area contributed by atoms with Crippen LogP contribution in [0.4, 0.5) is 0 Å². The summed E-state index contributed by atoms with van der Waals surface area (Å²) in [5.74, 6) is 0.467. The Labute approximate surface area is 105 Å². The van der Waals surface area contributed by atoms with Gasteiger partial charge in [0.25, 0.3) is 0 Å². The van der Waals surface area contributed by atoms with Crippen molar-refractivity contribution in [3.63, 3.8) is 0 Å². The van der Waals surface area contributed by atoms with Crippen LogP contribution in [-0.4, -0.2) is 53.3 Å². The van der Waals surface area contributed by atoms with E-state index in [4.69, 9.17) is 0 Å². The quantitative estimate of drug-likeness (QED) is 0.697. The third-order valence-electron chi connectivity index (χ3n) is 4.29. The number of carbonyl (C=O) groups is 1. The van der Waals surface area contributed by atoms with E-state index in [0.717, 1.165) is 25.7 Å². The number of hydrogen-bond donors (Lipinski definition) is 0. The molecule has 1 heterocycles. The van der Waals surface area contributed by atoms with Gasteiger partial charge in [-0.3, -0.25) is 14.6 Å². The van der Waals surface area contributed by atoms with Crippen molar-refractivity contribution in [2.75, 3.05) is 26.2 Å². The minimum absolute atomic E-state index is 0.300. The summed E-state index contributed by atoms with van der Waals surface area (Å²) in [7, 11) is 0. The SMILES string of the molecule is CC(C)(C)N1CCN(C2CCC(=O)CC2)CC1. The molecule has 1 saturated heterocycles. The van der Waals surface area contributed by atoms with Crippen molar-refractivity contribution in [1.29, 1.82) is 0 Å². The fourth-order valence-electron chi connectivity index (χ4n) is 3.05. The molecule has 1 saturated carbocycles. The molecule has 0 unspecified atom stereocenters. The molecular formula is C14H26N2O. The third-order valence-corrected chi connectivity index (χ3v) is 4.29. The molecule has 0 N–H and O–H groups in total. The second-order valence-corrected chi connectivity index (χ2v) is 6.46. The average molecular weight is 238 g/mol. The lowest BCUT2D eigenvalue weighted by Gasteiger charge is -2.45.